The molecular formula is C24H27NO6. The second-order valence-corrected chi connectivity index (χ2v) is 7.53. The Hall–Kier alpha value is -3.35. The van der Waals surface area contributed by atoms with Crippen molar-refractivity contribution in [1.82, 2.24) is 4.90 Å². The van der Waals surface area contributed by atoms with Gasteiger partial charge in [-0.3, -0.25) is 4.79 Å². The topological polar surface area (TPSA) is 82.1 Å². The fourth-order valence-corrected chi connectivity index (χ4v) is 3.60. The number of carbonyl (C=O) groups excluding carboxylic acids is 3. The Morgan fingerprint density at radius 3 is 2.06 bits per heavy atom. The number of piperidine rings is 1. The second kappa shape index (κ2) is 11.2. The summed E-state index contributed by atoms with van der Waals surface area (Å²) in [4.78, 5) is 38.3. The van der Waals surface area contributed by atoms with E-state index in [1.165, 1.54) is 11.8 Å². The number of ether oxygens (including phenoxy) is 3. The van der Waals surface area contributed by atoms with E-state index in [1.54, 1.807) is 0 Å². The van der Waals surface area contributed by atoms with Gasteiger partial charge in [0.25, 0.3) is 0 Å². The van der Waals surface area contributed by atoms with Crippen LogP contribution in [0.15, 0.2) is 60.7 Å². The van der Waals surface area contributed by atoms with Gasteiger partial charge in [-0.25, -0.2) is 9.59 Å². The van der Waals surface area contributed by atoms with Gasteiger partial charge in [0.2, 0.25) is 0 Å². The molecule has 0 radical (unpaired) electrons. The van der Waals surface area contributed by atoms with Crippen LogP contribution in [-0.4, -0.2) is 41.6 Å². The van der Waals surface area contributed by atoms with Crippen LogP contribution >= 0.6 is 0 Å². The highest BCUT2D eigenvalue weighted by Gasteiger charge is 2.38. The third kappa shape index (κ3) is 6.84. The van der Waals surface area contributed by atoms with Gasteiger partial charge >= 0.3 is 12.2 Å². The molecule has 0 bridgehead atoms. The van der Waals surface area contributed by atoms with Gasteiger partial charge < -0.3 is 19.1 Å². The van der Waals surface area contributed by atoms with Gasteiger partial charge in [-0.1, -0.05) is 60.7 Å². The summed E-state index contributed by atoms with van der Waals surface area (Å²) in [6.07, 6.45) is -0.725. The zero-order valence-electron chi connectivity index (χ0n) is 17.6. The molecule has 31 heavy (non-hydrogen) atoms. The van der Waals surface area contributed by atoms with Crippen LogP contribution < -0.4 is 0 Å². The summed E-state index contributed by atoms with van der Waals surface area (Å²) in [5.74, 6) is -0.0981. The number of rotatable bonds is 7. The van der Waals surface area contributed by atoms with Gasteiger partial charge in [0.1, 0.15) is 25.1 Å². The minimum Gasteiger partial charge on any atom is -0.445 e. The summed E-state index contributed by atoms with van der Waals surface area (Å²) in [5.41, 5.74) is 1.71. The number of likely N-dealkylation sites (tertiary alicyclic amines) is 1. The fraction of sp³-hybridized carbons (Fsp3) is 0.375. The quantitative estimate of drug-likeness (QED) is 0.608. The molecule has 0 unspecified atom stereocenters. The van der Waals surface area contributed by atoms with Gasteiger partial charge in [-0.05, 0) is 30.9 Å². The largest absolute Gasteiger partial charge is 0.508 e. The molecule has 1 aliphatic heterocycles. The number of amides is 1. The first-order chi connectivity index (χ1) is 15.0. The van der Waals surface area contributed by atoms with Crippen molar-refractivity contribution in [3.63, 3.8) is 0 Å². The second-order valence-electron chi connectivity index (χ2n) is 7.53. The van der Waals surface area contributed by atoms with Crippen molar-refractivity contribution in [3.05, 3.63) is 71.8 Å². The predicted molar refractivity (Wildman–Crippen MR) is 113 cm³/mol. The maximum atomic E-state index is 12.7. The molecule has 0 N–H and O–H groups in total. The Balaban J connectivity index is 1.60. The summed E-state index contributed by atoms with van der Waals surface area (Å²) in [6.45, 7) is 2.11. The van der Waals surface area contributed by atoms with E-state index in [1.807, 2.05) is 60.7 Å². The maximum absolute atomic E-state index is 12.7. The number of carbonyl (C=O) groups is 3. The molecule has 2 atom stereocenters. The van der Waals surface area contributed by atoms with Gasteiger partial charge in [-0.15, -0.1) is 0 Å². The fourth-order valence-electron chi connectivity index (χ4n) is 3.60. The highest BCUT2D eigenvalue weighted by atomic mass is 16.7. The lowest BCUT2D eigenvalue weighted by Gasteiger charge is -2.39. The lowest BCUT2D eigenvalue weighted by Crippen LogP contribution is -2.53. The van der Waals surface area contributed by atoms with Crippen LogP contribution in [0, 0.1) is 0 Å². The summed E-state index contributed by atoms with van der Waals surface area (Å²) >= 11 is 0. The normalized spacial score (nSPS) is 18.2. The van der Waals surface area contributed by atoms with Crippen molar-refractivity contribution >= 4 is 18.0 Å². The average Bonchev–Trinajstić information content (AvgIpc) is 2.78. The highest BCUT2D eigenvalue weighted by molar-refractivity contribution is 5.77. The monoisotopic (exact) mass is 425 g/mol. The zero-order valence-corrected chi connectivity index (χ0v) is 17.6. The van der Waals surface area contributed by atoms with E-state index in [-0.39, 0.29) is 25.4 Å². The number of hydrogen-bond donors (Lipinski definition) is 0. The Kier molecular flexibility index (Phi) is 8.04. The number of benzene rings is 2. The third-order valence-electron chi connectivity index (χ3n) is 5.10. The van der Waals surface area contributed by atoms with E-state index >= 15 is 0 Å². The smallest absolute Gasteiger partial charge is 0.445 e. The SMILES string of the molecule is CC(=O)C[C@@H]1[C@@H](OC(=O)OCc2ccccc2)CCCN1C(=O)OCc1ccccc1. The van der Waals surface area contributed by atoms with E-state index < -0.39 is 24.4 Å². The predicted octanol–water partition coefficient (Wildman–Crippen LogP) is 4.49. The maximum Gasteiger partial charge on any atom is 0.508 e. The molecule has 0 spiro atoms. The van der Waals surface area contributed by atoms with Gasteiger partial charge in [0, 0.05) is 13.0 Å². The molecule has 0 saturated carbocycles. The van der Waals surface area contributed by atoms with Crippen LogP contribution in [0.2, 0.25) is 0 Å². The average molecular weight is 425 g/mol. The Bertz CT molecular complexity index is 870. The van der Waals surface area contributed by atoms with Crippen molar-refractivity contribution in [2.24, 2.45) is 0 Å². The van der Waals surface area contributed by atoms with Crippen LogP contribution in [0.4, 0.5) is 9.59 Å². The molecule has 3 rings (SSSR count). The van der Waals surface area contributed by atoms with E-state index in [4.69, 9.17) is 14.2 Å². The number of Topliss-reactive ketones (excluding diaryl/α,β-unsaturated/α-hetero) is 1. The summed E-state index contributed by atoms with van der Waals surface area (Å²) in [5, 5.41) is 0. The Labute approximate surface area is 181 Å². The summed E-state index contributed by atoms with van der Waals surface area (Å²) in [7, 11) is 0. The lowest BCUT2D eigenvalue weighted by atomic mass is 9.95. The van der Waals surface area contributed by atoms with E-state index in [0.29, 0.717) is 19.4 Å². The van der Waals surface area contributed by atoms with Gasteiger partial charge in [-0.2, -0.15) is 0 Å². The van der Waals surface area contributed by atoms with Crippen LogP contribution in [0.1, 0.15) is 37.3 Å². The Morgan fingerprint density at radius 2 is 1.48 bits per heavy atom. The molecule has 2 aromatic carbocycles. The first kappa shape index (κ1) is 22.3. The van der Waals surface area contributed by atoms with Gasteiger partial charge in [0.15, 0.2) is 0 Å². The zero-order chi connectivity index (χ0) is 22.1. The molecule has 7 heteroatoms. The molecule has 7 nitrogen and oxygen atoms in total. The first-order valence-corrected chi connectivity index (χ1v) is 10.4. The summed E-state index contributed by atoms with van der Waals surface area (Å²) < 4.78 is 16.2. The summed E-state index contributed by atoms with van der Waals surface area (Å²) in [6, 6.07) is 18.0. The molecule has 164 valence electrons. The van der Waals surface area contributed by atoms with Gasteiger partial charge in [0.05, 0.1) is 6.04 Å². The van der Waals surface area contributed by atoms with E-state index in [2.05, 4.69) is 0 Å². The molecule has 1 fully saturated rings. The van der Waals surface area contributed by atoms with Crippen molar-refractivity contribution in [2.75, 3.05) is 6.54 Å². The van der Waals surface area contributed by atoms with E-state index in [9.17, 15) is 14.4 Å². The van der Waals surface area contributed by atoms with Crippen LogP contribution in [0.3, 0.4) is 0 Å². The number of nitrogens with zero attached hydrogens (tertiary/aromatic N) is 1. The lowest BCUT2D eigenvalue weighted by molar-refractivity contribution is -0.120. The molecule has 1 saturated heterocycles. The molecule has 1 aliphatic rings. The molecule has 0 aromatic heterocycles. The van der Waals surface area contributed by atoms with Crippen LogP contribution in [-0.2, 0) is 32.2 Å². The molecule has 1 amide bonds. The first-order valence-electron chi connectivity index (χ1n) is 10.4. The molecular weight excluding hydrogens is 398 g/mol. The molecule has 1 heterocycles. The molecule has 0 aliphatic carbocycles. The van der Waals surface area contributed by atoms with Crippen molar-refractivity contribution in [3.8, 4) is 0 Å². The number of hydrogen-bond acceptors (Lipinski definition) is 6. The number of ketones is 1. The minimum atomic E-state index is -0.818. The van der Waals surface area contributed by atoms with Crippen LogP contribution in [0.25, 0.3) is 0 Å². The van der Waals surface area contributed by atoms with Crippen LogP contribution in [0.5, 0.6) is 0 Å². The van der Waals surface area contributed by atoms with E-state index in [0.717, 1.165) is 11.1 Å². The molecule has 2 aromatic rings. The Morgan fingerprint density at radius 1 is 0.903 bits per heavy atom. The standard InChI is InChI=1S/C24H27NO6/c1-18(26)15-21-22(31-24(28)30-17-20-11-6-3-7-12-20)13-8-14-25(21)23(27)29-16-19-9-4-2-5-10-19/h2-7,9-12,21-22H,8,13-17H2,1H3/t21-,22+/m1/s1. The minimum absolute atomic E-state index is 0.0804. The third-order valence-corrected chi connectivity index (χ3v) is 5.10. The van der Waals surface area contributed by atoms with Crippen molar-refractivity contribution in [1.29, 1.82) is 0 Å². The van der Waals surface area contributed by atoms with Crippen molar-refractivity contribution in [2.45, 2.75) is 51.5 Å². The highest BCUT2D eigenvalue weighted by Crippen LogP contribution is 2.25. The van der Waals surface area contributed by atoms with Crippen molar-refractivity contribution < 1.29 is 28.6 Å².